The highest BCUT2D eigenvalue weighted by Crippen LogP contribution is 2.33. The number of rotatable bonds is 31. The van der Waals surface area contributed by atoms with Crippen LogP contribution in [0.25, 0.3) is 5.57 Å². The van der Waals surface area contributed by atoms with Crippen LogP contribution in [0.3, 0.4) is 0 Å². The lowest BCUT2D eigenvalue weighted by Gasteiger charge is -2.43. The van der Waals surface area contributed by atoms with Gasteiger partial charge in [-0.1, -0.05) is 135 Å². The zero-order valence-corrected chi connectivity index (χ0v) is 34.4. The van der Waals surface area contributed by atoms with Gasteiger partial charge in [-0.2, -0.15) is 4.37 Å². The first-order chi connectivity index (χ1) is 24.2. The van der Waals surface area contributed by atoms with Gasteiger partial charge >= 0.3 is 5.97 Å². The first kappa shape index (κ1) is 44.7. The van der Waals surface area contributed by atoms with Gasteiger partial charge < -0.3 is 14.2 Å². The molecule has 0 aromatic carbocycles. The molecule has 8 heteroatoms. The molecule has 1 aromatic heterocycles. The van der Waals surface area contributed by atoms with Crippen molar-refractivity contribution < 1.29 is 23.5 Å². The summed E-state index contributed by atoms with van der Waals surface area (Å²) in [7, 11) is 2.37. The molecular formula is C42H78N3O4S+. The average molecular weight is 721 g/mol. The van der Waals surface area contributed by atoms with Crippen molar-refractivity contribution in [2.45, 2.75) is 207 Å². The Balaban J connectivity index is 1.46. The predicted molar refractivity (Wildman–Crippen MR) is 212 cm³/mol. The van der Waals surface area contributed by atoms with Crippen molar-refractivity contribution >= 4 is 23.3 Å². The smallest absolute Gasteiger partial charge is 0.306 e. The molecule has 0 bridgehead atoms. The molecule has 0 spiro atoms. The maximum atomic E-state index is 11.8. The Morgan fingerprint density at radius 2 is 1.30 bits per heavy atom. The van der Waals surface area contributed by atoms with Crippen molar-refractivity contribution in [1.29, 1.82) is 0 Å². The number of unbranched alkanes of at least 4 members (excludes halogenated alkanes) is 19. The summed E-state index contributed by atoms with van der Waals surface area (Å²) < 4.78 is 28.2. The molecule has 2 atom stereocenters. The van der Waals surface area contributed by atoms with E-state index < -0.39 is 0 Å². The highest BCUT2D eigenvalue weighted by atomic mass is 32.1. The lowest BCUT2D eigenvalue weighted by atomic mass is 10.0. The summed E-state index contributed by atoms with van der Waals surface area (Å²) in [6, 6.07) is 0. The quantitative estimate of drug-likeness (QED) is 0.0432. The summed E-state index contributed by atoms with van der Waals surface area (Å²) in [6.45, 7) is 14.0. The van der Waals surface area contributed by atoms with Gasteiger partial charge in [0.2, 0.25) is 0 Å². The van der Waals surface area contributed by atoms with E-state index in [1.54, 1.807) is 0 Å². The molecule has 2 rings (SSSR count). The summed E-state index contributed by atoms with van der Waals surface area (Å²) in [5, 5.41) is 0. The molecule has 0 saturated carbocycles. The van der Waals surface area contributed by atoms with Gasteiger partial charge in [0.15, 0.2) is 6.23 Å². The number of aromatic nitrogens is 2. The Bertz CT molecular complexity index is 1020. The van der Waals surface area contributed by atoms with Crippen LogP contribution in [0, 0.1) is 0 Å². The van der Waals surface area contributed by atoms with Gasteiger partial charge in [-0.05, 0) is 46.5 Å². The highest BCUT2D eigenvalue weighted by Gasteiger charge is 2.37. The minimum Gasteiger partial charge on any atom is -0.475 e. The second kappa shape index (κ2) is 27.1. The Morgan fingerprint density at radius 3 is 1.86 bits per heavy atom. The van der Waals surface area contributed by atoms with Crippen molar-refractivity contribution in [3.63, 3.8) is 0 Å². The van der Waals surface area contributed by atoms with Gasteiger partial charge in [0, 0.05) is 24.8 Å². The number of carbonyl (C=O) groups excluding carboxylic acids is 1. The highest BCUT2D eigenvalue weighted by molar-refractivity contribution is 6.99. The SMILES string of the molecule is CCCCCCOc1nsnc1C1=CCC[N+](C)(C(CCC)OCCCCCCCCCCCCCCCCCCCC(=O)OC(C)(C)C)C1. The second-order valence-electron chi connectivity index (χ2n) is 16.2. The van der Waals surface area contributed by atoms with Crippen LogP contribution >= 0.6 is 11.7 Å². The summed E-state index contributed by atoms with van der Waals surface area (Å²) in [6.07, 6.45) is 33.5. The Hall–Kier alpha value is -1.51. The third kappa shape index (κ3) is 20.5. The van der Waals surface area contributed by atoms with Gasteiger partial charge in [0.05, 0.1) is 38.5 Å². The number of hydrogen-bond donors (Lipinski definition) is 0. The Labute approximate surface area is 312 Å². The molecule has 50 heavy (non-hydrogen) atoms. The molecule has 290 valence electrons. The van der Waals surface area contributed by atoms with Crippen molar-refractivity contribution in [2.75, 3.05) is 33.4 Å². The first-order valence-corrected chi connectivity index (χ1v) is 21.7. The fourth-order valence-electron chi connectivity index (χ4n) is 7.11. The van der Waals surface area contributed by atoms with Gasteiger partial charge in [-0.25, -0.2) is 0 Å². The normalized spacial score (nSPS) is 17.1. The number of quaternary nitrogens is 1. The van der Waals surface area contributed by atoms with Crippen LogP contribution in [-0.2, 0) is 14.3 Å². The van der Waals surface area contributed by atoms with Crippen LogP contribution in [0.2, 0.25) is 0 Å². The molecule has 0 amide bonds. The van der Waals surface area contributed by atoms with Crippen LogP contribution in [0.1, 0.15) is 201 Å². The molecule has 1 aliphatic rings. The number of ether oxygens (including phenoxy) is 3. The van der Waals surface area contributed by atoms with E-state index in [2.05, 4.69) is 35.7 Å². The van der Waals surface area contributed by atoms with Gasteiger partial charge in [-0.3, -0.25) is 9.28 Å². The first-order valence-electron chi connectivity index (χ1n) is 21.0. The van der Waals surface area contributed by atoms with Gasteiger partial charge in [0.1, 0.15) is 17.8 Å². The number of hydrogen-bond acceptors (Lipinski definition) is 7. The topological polar surface area (TPSA) is 70.5 Å². The van der Waals surface area contributed by atoms with Crippen LogP contribution in [-0.4, -0.2) is 64.4 Å². The molecule has 0 N–H and O–H groups in total. The summed E-state index contributed by atoms with van der Waals surface area (Å²) in [5.74, 6) is 0.674. The second-order valence-corrected chi connectivity index (χ2v) is 16.7. The molecule has 7 nitrogen and oxygen atoms in total. The van der Waals surface area contributed by atoms with E-state index in [1.165, 1.54) is 133 Å². The average Bonchev–Trinajstić information content (AvgIpc) is 3.54. The molecular weight excluding hydrogens is 643 g/mol. The van der Waals surface area contributed by atoms with Crippen molar-refractivity contribution in [3.8, 4) is 5.88 Å². The lowest BCUT2D eigenvalue weighted by Crippen LogP contribution is -2.56. The van der Waals surface area contributed by atoms with Crippen LogP contribution in [0.4, 0.5) is 0 Å². The zero-order valence-electron chi connectivity index (χ0n) is 33.5. The van der Waals surface area contributed by atoms with E-state index in [1.807, 2.05) is 20.8 Å². The minimum absolute atomic E-state index is 0.0506. The molecule has 1 aromatic rings. The molecule has 0 saturated heterocycles. The van der Waals surface area contributed by atoms with Crippen molar-refractivity contribution in [2.24, 2.45) is 0 Å². The molecule has 0 radical (unpaired) electrons. The van der Waals surface area contributed by atoms with E-state index >= 15 is 0 Å². The number of carbonyl (C=O) groups is 1. The van der Waals surface area contributed by atoms with Crippen LogP contribution in [0.15, 0.2) is 6.08 Å². The van der Waals surface area contributed by atoms with Crippen molar-refractivity contribution in [1.82, 2.24) is 8.75 Å². The standard InChI is InChI=1S/C42H78N3O4S/c1-7-9-10-27-35-48-41-40(43-50-44-41)37-31-29-33-45(6,36-37)38(30-8-2)47-34-28-25-23-21-19-17-15-13-11-12-14-16-18-20-22-24-26-32-39(46)49-42(3,4)5/h31,38H,7-30,32-36H2,1-6H3/q+1. The lowest BCUT2D eigenvalue weighted by molar-refractivity contribution is -0.950. The minimum atomic E-state index is -0.361. The van der Waals surface area contributed by atoms with Gasteiger partial charge in [0.25, 0.3) is 5.88 Å². The monoisotopic (exact) mass is 721 g/mol. The third-order valence-corrected chi connectivity index (χ3v) is 10.6. The number of esters is 1. The van der Waals surface area contributed by atoms with Crippen LogP contribution < -0.4 is 4.74 Å². The summed E-state index contributed by atoms with van der Waals surface area (Å²) in [4.78, 5) is 11.8. The molecule has 1 aliphatic heterocycles. The number of likely N-dealkylation sites (N-methyl/N-ethyl adjacent to an activating group) is 1. The predicted octanol–water partition coefficient (Wildman–Crippen LogP) is 12.2. The maximum Gasteiger partial charge on any atom is 0.306 e. The van der Waals surface area contributed by atoms with E-state index in [4.69, 9.17) is 14.2 Å². The van der Waals surface area contributed by atoms with Gasteiger partial charge in [-0.15, -0.1) is 4.37 Å². The van der Waals surface area contributed by atoms with E-state index in [0.29, 0.717) is 6.42 Å². The maximum absolute atomic E-state index is 11.8. The molecule has 0 fully saturated rings. The molecule has 2 unspecified atom stereocenters. The third-order valence-electron chi connectivity index (χ3n) is 10.0. The fraction of sp³-hybridized carbons (Fsp3) is 0.881. The van der Waals surface area contributed by atoms with Crippen molar-refractivity contribution in [3.05, 3.63) is 11.8 Å². The van der Waals surface area contributed by atoms with E-state index in [-0.39, 0.29) is 17.8 Å². The summed E-state index contributed by atoms with van der Waals surface area (Å²) in [5.41, 5.74) is 1.87. The molecule has 0 aliphatic carbocycles. The Kier molecular flexibility index (Phi) is 24.2. The largest absolute Gasteiger partial charge is 0.475 e. The van der Waals surface area contributed by atoms with E-state index in [0.717, 1.165) is 80.9 Å². The Morgan fingerprint density at radius 1 is 0.760 bits per heavy atom. The van der Waals surface area contributed by atoms with E-state index in [9.17, 15) is 4.79 Å². The number of nitrogens with zero attached hydrogens (tertiary/aromatic N) is 3. The fourth-order valence-corrected chi connectivity index (χ4v) is 7.64. The zero-order chi connectivity index (χ0) is 36.3. The summed E-state index contributed by atoms with van der Waals surface area (Å²) >= 11 is 1.27. The molecule has 2 heterocycles. The van der Waals surface area contributed by atoms with Crippen LogP contribution in [0.5, 0.6) is 5.88 Å².